The molecule has 1 aromatic carbocycles. The molecule has 2 aromatic rings. The van der Waals surface area contributed by atoms with Gasteiger partial charge in [0.2, 0.25) is 5.91 Å². The van der Waals surface area contributed by atoms with Crippen LogP contribution in [-0.2, 0) is 11.3 Å². The summed E-state index contributed by atoms with van der Waals surface area (Å²) < 4.78 is 5.35. The fourth-order valence-electron chi connectivity index (χ4n) is 5.37. The van der Waals surface area contributed by atoms with Crippen molar-refractivity contribution < 1.29 is 9.53 Å². The minimum atomic E-state index is 0.171. The van der Waals surface area contributed by atoms with E-state index >= 15 is 0 Å². The number of amides is 1. The molecular formula is C23H30N4O2. The summed E-state index contributed by atoms with van der Waals surface area (Å²) in [4.78, 5) is 25.6. The third-order valence-electron chi connectivity index (χ3n) is 7.24. The fourth-order valence-corrected chi connectivity index (χ4v) is 5.37. The molecule has 1 aliphatic carbocycles. The molecule has 154 valence electrons. The summed E-state index contributed by atoms with van der Waals surface area (Å²) in [6.07, 6.45) is 5.09. The maximum absolute atomic E-state index is 13.2. The largest absolute Gasteiger partial charge is 0.497 e. The third-order valence-corrected chi connectivity index (χ3v) is 7.24. The Morgan fingerprint density at radius 3 is 2.62 bits per heavy atom. The van der Waals surface area contributed by atoms with E-state index in [4.69, 9.17) is 4.74 Å². The number of hydrogen-bond acceptors (Lipinski definition) is 4. The van der Waals surface area contributed by atoms with Crippen LogP contribution in [0.15, 0.2) is 30.6 Å². The Kier molecular flexibility index (Phi) is 4.82. The van der Waals surface area contributed by atoms with Gasteiger partial charge in [-0.05, 0) is 43.4 Å². The van der Waals surface area contributed by atoms with E-state index < -0.39 is 0 Å². The monoisotopic (exact) mass is 394 g/mol. The molecule has 29 heavy (non-hydrogen) atoms. The number of methoxy groups -OCH3 is 1. The van der Waals surface area contributed by atoms with E-state index in [2.05, 4.69) is 38.8 Å². The van der Waals surface area contributed by atoms with Crippen LogP contribution in [0.1, 0.15) is 42.3 Å². The number of aromatic amines is 1. The van der Waals surface area contributed by atoms with Crippen LogP contribution in [0, 0.1) is 24.7 Å². The number of H-pyrrole nitrogens is 1. The zero-order valence-electron chi connectivity index (χ0n) is 17.3. The number of nitrogens with one attached hydrogen (secondary N) is 1. The Labute approximate surface area is 172 Å². The number of carbonyl (C=O) groups is 1. The van der Waals surface area contributed by atoms with Crippen molar-refractivity contribution in [1.82, 2.24) is 19.8 Å². The number of carbonyl (C=O) groups excluding carboxylic acids is 1. The molecule has 0 radical (unpaired) electrons. The molecule has 6 nitrogen and oxygen atoms in total. The molecule has 1 saturated carbocycles. The summed E-state index contributed by atoms with van der Waals surface area (Å²) in [5.74, 6) is 2.50. The zero-order valence-corrected chi connectivity index (χ0v) is 17.3. The zero-order chi connectivity index (χ0) is 20.0. The summed E-state index contributed by atoms with van der Waals surface area (Å²) >= 11 is 0. The number of nitrogens with zero attached hydrogens (tertiary/aromatic N) is 3. The van der Waals surface area contributed by atoms with Gasteiger partial charge in [0, 0.05) is 43.7 Å². The molecule has 0 unspecified atom stereocenters. The van der Waals surface area contributed by atoms with Gasteiger partial charge in [-0.15, -0.1) is 0 Å². The van der Waals surface area contributed by atoms with Gasteiger partial charge >= 0.3 is 0 Å². The van der Waals surface area contributed by atoms with Crippen LogP contribution in [0.3, 0.4) is 0 Å². The third kappa shape index (κ3) is 3.33. The van der Waals surface area contributed by atoms with Gasteiger partial charge in [0.05, 0.1) is 25.2 Å². The van der Waals surface area contributed by atoms with Crippen LogP contribution >= 0.6 is 0 Å². The Morgan fingerprint density at radius 2 is 2.00 bits per heavy atom. The van der Waals surface area contributed by atoms with E-state index in [1.165, 1.54) is 12.0 Å². The lowest BCUT2D eigenvalue weighted by atomic mass is 9.83. The highest BCUT2D eigenvalue weighted by molar-refractivity contribution is 5.80. The molecular weight excluding hydrogens is 364 g/mol. The first-order valence-corrected chi connectivity index (χ1v) is 10.8. The van der Waals surface area contributed by atoms with E-state index in [0.29, 0.717) is 17.7 Å². The van der Waals surface area contributed by atoms with Gasteiger partial charge in [0.1, 0.15) is 5.75 Å². The highest BCUT2D eigenvalue weighted by Gasteiger charge is 2.50. The Balaban J connectivity index is 1.38. The summed E-state index contributed by atoms with van der Waals surface area (Å²) in [7, 11) is 1.69. The Hall–Kier alpha value is -2.34. The molecule has 3 atom stereocenters. The van der Waals surface area contributed by atoms with E-state index in [1.807, 2.05) is 12.1 Å². The van der Waals surface area contributed by atoms with Gasteiger partial charge in [-0.2, -0.15) is 0 Å². The number of ether oxygens (including phenoxy) is 1. The summed E-state index contributed by atoms with van der Waals surface area (Å²) in [5, 5.41) is 0. The number of likely N-dealkylation sites (tertiary alicyclic amines) is 2. The van der Waals surface area contributed by atoms with Crippen molar-refractivity contribution in [3.63, 3.8) is 0 Å². The number of aromatic nitrogens is 2. The lowest BCUT2D eigenvalue weighted by molar-refractivity contribution is -0.139. The second-order valence-corrected chi connectivity index (χ2v) is 8.93. The van der Waals surface area contributed by atoms with Crippen molar-refractivity contribution in [3.05, 3.63) is 47.5 Å². The van der Waals surface area contributed by atoms with Crippen molar-refractivity contribution in [3.8, 4) is 5.75 Å². The Bertz CT molecular complexity index is 873. The maximum atomic E-state index is 13.2. The van der Waals surface area contributed by atoms with Crippen LogP contribution in [-0.4, -0.2) is 52.4 Å². The quantitative estimate of drug-likeness (QED) is 0.846. The molecule has 0 spiro atoms. The molecule has 2 aliphatic heterocycles. The predicted molar refractivity (Wildman–Crippen MR) is 110 cm³/mol. The van der Waals surface area contributed by atoms with E-state index in [9.17, 15) is 4.79 Å². The topological polar surface area (TPSA) is 61.5 Å². The average Bonchev–Trinajstić information content (AvgIpc) is 3.35. The van der Waals surface area contributed by atoms with Gasteiger partial charge in [0.25, 0.3) is 0 Å². The predicted octanol–water partition coefficient (Wildman–Crippen LogP) is 3.16. The van der Waals surface area contributed by atoms with Crippen molar-refractivity contribution in [2.75, 3.05) is 26.7 Å². The number of hydrogen-bond donors (Lipinski definition) is 1. The van der Waals surface area contributed by atoms with E-state index in [1.54, 1.807) is 13.4 Å². The van der Waals surface area contributed by atoms with Crippen LogP contribution < -0.4 is 4.74 Å². The van der Waals surface area contributed by atoms with Gasteiger partial charge in [-0.1, -0.05) is 18.6 Å². The van der Waals surface area contributed by atoms with E-state index in [0.717, 1.165) is 56.2 Å². The standard InChI is InChI=1S/C23H30N4O2/c1-15-21(25-14-24-15)13-26-10-18-11-27(23(28)17-4-3-5-17)22(20(18)12-26)16-6-8-19(29-2)9-7-16/h6-9,14,17-18,20,22H,3-5,10-13H2,1-2H3,(H,24,25)/t18-,20-,22-/m0/s1. The van der Waals surface area contributed by atoms with Gasteiger partial charge in [-0.3, -0.25) is 9.69 Å². The van der Waals surface area contributed by atoms with E-state index in [-0.39, 0.29) is 12.0 Å². The molecule has 0 bridgehead atoms. The van der Waals surface area contributed by atoms with Gasteiger partial charge in [0.15, 0.2) is 0 Å². The second kappa shape index (κ2) is 7.48. The average molecular weight is 395 g/mol. The summed E-state index contributed by atoms with van der Waals surface area (Å²) in [6.45, 7) is 5.90. The lowest BCUT2D eigenvalue weighted by Crippen LogP contribution is -2.41. The first-order valence-electron chi connectivity index (χ1n) is 10.8. The number of imidazole rings is 1. The van der Waals surface area contributed by atoms with Crippen LogP contribution in [0.4, 0.5) is 0 Å². The van der Waals surface area contributed by atoms with Crippen molar-refractivity contribution >= 4 is 5.91 Å². The van der Waals surface area contributed by atoms with Gasteiger partial charge in [-0.25, -0.2) is 4.98 Å². The summed E-state index contributed by atoms with van der Waals surface area (Å²) in [5.41, 5.74) is 3.52. The molecule has 3 heterocycles. The minimum absolute atomic E-state index is 0.171. The van der Waals surface area contributed by atoms with Gasteiger partial charge < -0.3 is 14.6 Å². The van der Waals surface area contributed by atoms with Crippen LogP contribution in [0.2, 0.25) is 0 Å². The molecule has 1 aromatic heterocycles. The number of rotatable bonds is 5. The minimum Gasteiger partial charge on any atom is -0.497 e. The first-order chi connectivity index (χ1) is 14.1. The van der Waals surface area contributed by atoms with Crippen molar-refractivity contribution in [2.24, 2.45) is 17.8 Å². The molecule has 5 rings (SSSR count). The molecule has 1 N–H and O–H groups in total. The highest BCUT2D eigenvalue weighted by Crippen LogP contribution is 2.47. The molecule has 3 aliphatic rings. The first kappa shape index (κ1) is 18.7. The molecule has 6 heteroatoms. The van der Waals surface area contributed by atoms with Crippen molar-refractivity contribution in [2.45, 2.75) is 38.8 Å². The SMILES string of the molecule is COc1ccc([C@H]2[C@H]3CN(Cc4nc[nH]c4C)C[C@H]3CN2C(=O)C2CCC2)cc1. The smallest absolute Gasteiger partial charge is 0.226 e. The number of aryl methyl sites for hydroxylation is 1. The number of benzene rings is 1. The van der Waals surface area contributed by atoms with Crippen LogP contribution in [0.25, 0.3) is 0 Å². The molecule has 2 saturated heterocycles. The Morgan fingerprint density at radius 1 is 1.21 bits per heavy atom. The normalized spacial score (nSPS) is 27.1. The molecule has 1 amide bonds. The second-order valence-electron chi connectivity index (χ2n) is 8.93. The summed E-state index contributed by atoms with van der Waals surface area (Å²) in [6, 6.07) is 8.51. The maximum Gasteiger partial charge on any atom is 0.226 e. The fraction of sp³-hybridized carbons (Fsp3) is 0.565. The lowest BCUT2D eigenvalue weighted by Gasteiger charge is -2.35. The molecule has 3 fully saturated rings. The van der Waals surface area contributed by atoms with Crippen LogP contribution in [0.5, 0.6) is 5.75 Å². The number of fused-ring (bicyclic) bond motifs is 1. The highest BCUT2D eigenvalue weighted by atomic mass is 16.5. The van der Waals surface area contributed by atoms with Crippen molar-refractivity contribution in [1.29, 1.82) is 0 Å².